The third kappa shape index (κ3) is 2.60. The molecule has 4 nitrogen and oxygen atoms in total. The molecule has 0 saturated carbocycles. The lowest BCUT2D eigenvalue weighted by atomic mass is 9.77. The highest BCUT2D eigenvalue weighted by molar-refractivity contribution is 5.15. The van der Waals surface area contributed by atoms with Crippen molar-refractivity contribution in [2.75, 3.05) is 13.6 Å². The van der Waals surface area contributed by atoms with Crippen LogP contribution in [0.15, 0.2) is 24.5 Å². The van der Waals surface area contributed by atoms with Gasteiger partial charge in [-0.05, 0) is 52.8 Å². The standard InChI is InChI=1S/C16H27N3O/c1-14(2)11-16(12-17,15(3,4)20-14)19(5)10-13-7-6-8-18-9-13/h6-9H,10-12,17H2,1-5H3. The maximum Gasteiger partial charge on any atom is 0.0830 e. The van der Waals surface area contributed by atoms with Gasteiger partial charge in [0.1, 0.15) is 0 Å². The Hall–Kier alpha value is -0.970. The molecule has 1 unspecified atom stereocenters. The summed E-state index contributed by atoms with van der Waals surface area (Å²) >= 11 is 0. The maximum absolute atomic E-state index is 6.26. The van der Waals surface area contributed by atoms with Crippen LogP contribution in [0.3, 0.4) is 0 Å². The molecule has 0 amide bonds. The maximum atomic E-state index is 6.26. The minimum absolute atomic E-state index is 0.147. The predicted octanol–water partition coefficient (Wildman–Crippen LogP) is 2.19. The van der Waals surface area contributed by atoms with E-state index in [1.165, 1.54) is 5.56 Å². The third-order valence-electron chi connectivity index (χ3n) is 4.58. The van der Waals surface area contributed by atoms with E-state index in [-0.39, 0.29) is 16.7 Å². The van der Waals surface area contributed by atoms with E-state index in [0.717, 1.165) is 13.0 Å². The molecule has 0 aromatic carbocycles. The first-order valence-corrected chi connectivity index (χ1v) is 7.23. The topological polar surface area (TPSA) is 51.4 Å². The van der Waals surface area contributed by atoms with E-state index >= 15 is 0 Å². The third-order valence-corrected chi connectivity index (χ3v) is 4.58. The Morgan fingerprint density at radius 1 is 1.35 bits per heavy atom. The van der Waals surface area contributed by atoms with Gasteiger partial charge in [0.25, 0.3) is 0 Å². The van der Waals surface area contributed by atoms with Gasteiger partial charge in [-0.2, -0.15) is 0 Å². The SMILES string of the molecule is CN(Cc1cccnc1)C1(CN)CC(C)(C)OC1(C)C. The lowest BCUT2D eigenvalue weighted by Gasteiger charge is -2.46. The summed E-state index contributed by atoms with van der Waals surface area (Å²) < 4.78 is 6.26. The van der Waals surface area contributed by atoms with Crippen LogP contribution in [0, 0.1) is 0 Å². The average Bonchev–Trinajstić information content (AvgIpc) is 2.55. The highest BCUT2D eigenvalue weighted by Gasteiger charge is 2.58. The second-order valence-corrected chi connectivity index (χ2v) is 7.00. The van der Waals surface area contributed by atoms with Crippen molar-refractivity contribution < 1.29 is 4.74 Å². The molecule has 0 bridgehead atoms. The van der Waals surface area contributed by atoms with Crippen LogP contribution in [-0.4, -0.2) is 40.2 Å². The van der Waals surface area contributed by atoms with Crippen LogP contribution in [0.2, 0.25) is 0 Å². The van der Waals surface area contributed by atoms with Crippen molar-refractivity contribution in [2.24, 2.45) is 5.73 Å². The summed E-state index contributed by atoms with van der Waals surface area (Å²) in [5.41, 5.74) is 6.80. The Balaban J connectivity index is 2.27. The molecule has 1 aliphatic heterocycles. The zero-order valence-corrected chi connectivity index (χ0v) is 13.3. The minimum Gasteiger partial charge on any atom is -0.368 e. The van der Waals surface area contributed by atoms with Crippen molar-refractivity contribution in [3.8, 4) is 0 Å². The van der Waals surface area contributed by atoms with Gasteiger partial charge in [0.2, 0.25) is 0 Å². The fraction of sp³-hybridized carbons (Fsp3) is 0.688. The Kier molecular flexibility index (Phi) is 3.93. The van der Waals surface area contributed by atoms with Gasteiger partial charge in [-0.15, -0.1) is 0 Å². The van der Waals surface area contributed by atoms with E-state index in [1.807, 2.05) is 12.3 Å². The van der Waals surface area contributed by atoms with Crippen molar-refractivity contribution >= 4 is 0 Å². The number of pyridine rings is 1. The van der Waals surface area contributed by atoms with E-state index in [9.17, 15) is 0 Å². The largest absolute Gasteiger partial charge is 0.368 e. The summed E-state index contributed by atoms with van der Waals surface area (Å²) in [6.45, 7) is 9.99. The first-order chi connectivity index (χ1) is 9.22. The fourth-order valence-corrected chi connectivity index (χ4v) is 3.72. The smallest absolute Gasteiger partial charge is 0.0830 e. The van der Waals surface area contributed by atoms with Gasteiger partial charge in [0.15, 0.2) is 0 Å². The molecule has 2 rings (SSSR count). The fourth-order valence-electron chi connectivity index (χ4n) is 3.72. The van der Waals surface area contributed by atoms with Crippen LogP contribution in [-0.2, 0) is 11.3 Å². The van der Waals surface area contributed by atoms with Gasteiger partial charge in [-0.3, -0.25) is 9.88 Å². The Bertz CT molecular complexity index is 458. The van der Waals surface area contributed by atoms with Crippen molar-refractivity contribution in [3.05, 3.63) is 30.1 Å². The molecule has 4 heteroatoms. The summed E-state index contributed by atoms with van der Waals surface area (Å²) in [7, 11) is 2.13. The normalized spacial score (nSPS) is 27.9. The molecular formula is C16H27N3O. The second-order valence-electron chi connectivity index (χ2n) is 7.00. The molecule has 2 heterocycles. The van der Waals surface area contributed by atoms with Crippen LogP contribution in [0.5, 0.6) is 0 Å². The number of nitrogens with two attached hydrogens (primary N) is 1. The number of nitrogens with zero attached hydrogens (tertiary/aromatic N) is 2. The summed E-state index contributed by atoms with van der Waals surface area (Å²) in [6, 6.07) is 4.07. The molecule has 0 radical (unpaired) electrons. The van der Waals surface area contributed by atoms with Crippen LogP contribution in [0.25, 0.3) is 0 Å². The molecule has 1 saturated heterocycles. The number of aromatic nitrogens is 1. The van der Waals surface area contributed by atoms with Gasteiger partial charge in [-0.25, -0.2) is 0 Å². The van der Waals surface area contributed by atoms with Crippen molar-refractivity contribution in [3.63, 3.8) is 0 Å². The molecule has 20 heavy (non-hydrogen) atoms. The minimum atomic E-state index is -0.276. The molecule has 112 valence electrons. The molecule has 1 atom stereocenters. The molecule has 1 aromatic rings. The summed E-state index contributed by atoms with van der Waals surface area (Å²) in [6.07, 6.45) is 4.64. The van der Waals surface area contributed by atoms with Gasteiger partial charge in [-0.1, -0.05) is 6.07 Å². The molecule has 1 aliphatic rings. The number of likely N-dealkylation sites (N-methyl/N-ethyl adjacent to an activating group) is 1. The van der Waals surface area contributed by atoms with Gasteiger partial charge < -0.3 is 10.5 Å². The van der Waals surface area contributed by atoms with Crippen molar-refractivity contribution in [2.45, 2.75) is 57.4 Å². The monoisotopic (exact) mass is 277 g/mol. The van der Waals surface area contributed by atoms with E-state index in [1.54, 1.807) is 6.20 Å². The predicted molar refractivity (Wildman–Crippen MR) is 81.3 cm³/mol. The first-order valence-electron chi connectivity index (χ1n) is 7.23. The average molecular weight is 277 g/mol. The van der Waals surface area contributed by atoms with Gasteiger partial charge in [0.05, 0.1) is 16.7 Å². The number of ether oxygens (including phenoxy) is 1. The first kappa shape index (κ1) is 15.4. The Morgan fingerprint density at radius 2 is 2.05 bits per heavy atom. The molecular weight excluding hydrogens is 250 g/mol. The number of hydrogen-bond acceptors (Lipinski definition) is 4. The Labute approximate surface area is 122 Å². The number of hydrogen-bond donors (Lipinski definition) is 1. The highest BCUT2D eigenvalue weighted by atomic mass is 16.5. The molecule has 0 spiro atoms. The molecule has 2 N–H and O–H groups in total. The second kappa shape index (κ2) is 5.10. The molecule has 1 fully saturated rings. The Morgan fingerprint density at radius 3 is 2.50 bits per heavy atom. The quantitative estimate of drug-likeness (QED) is 0.916. The number of rotatable bonds is 4. The zero-order chi connectivity index (χ0) is 15.0. The van der Waals surface area contributed by atoms with Gasteiger partial charge >= 0.3 is 0 Å². The van der Waals surface area contributed by atoms with Crippen molar-refractivity contribution in [1.82, 2.24) is 9.88 Å². The summed E-state index contributed by atoms with van der Waals surface area (Å²) in [5, 5.41) is 0. The van der Waals surface area contributed by atoms with Crippen LogP contribution < -0.4 is 5.73 Å². The summed E-state index contributed by atoms with van der Waals surface area (Å²) in [5.74, 6) is 0. The highest BCUT2D eigenvalue weighted by Crippen LogP contribution is 2.47. The van der Waals surface area contributed by atoms with Gasteiger partial charge in [0, 0.05) is 25.5 Å². The zero-order valence-electron chi connectivity index (χ0n) is 13.3. The van der Waals surface area contributed by atoms with Crippen LogP contribution in [0.1, 0.15) is 39.7 Å². The lowest BCUT2D eigenvalue weighted by Crippen LogP contribution is -2.61. The lowest BCUT2D eigenvalue weighted by molar-refractivity contribution is -0.101. The van der Waals surface area contributed by atoms with Crippen LogP contribution >= 0.6 is 0 Å². The van der Waals surface area contributed by atoms with Crippen molar-refractivity contribution in [1.29, 1.82) is 0 Å². The van der Waals surface area contributed by atoms with E-state index < -0.39 is 0 Å². The molecule has 1 aromatic heterocycles. The van der Waals surface area contributed by atoms with E-state index in [4.69, 9.17) is 10.5 Å². The molecule has 0 aliphatic carbocycles. The van der Waals surface area contributed by atoms with E-state index in [2.05, 4.69) is 50.7 Å². The van der Waals surface area contributed by atoms with E-state index in [0.29, 0.717) is 6.54 Å². The summed E-state index contributed by atoms with van der Waals surface area (Å²) in [4.78, 5) is 6.52. The van der Waals surface area contributed by atoms with Crippen LogP contribution in [0.4, 0.5) is 0 Å².